The van der Waals surface area contributed by atoms with Crippen LogP contribution in [0.5, 0.6) is 0 Å². The maximum Gasteiger partial charge on any atom is 0.232 e. The fraction of sp³-hybridized carbons (Fsp3) is 0.440. The van der Waals surface area contributed by atoms with Crippen molar-refractivity contribution in [1.29, 1.82) is 0 Å². The zero-order valence-corrected chi connectivity index (χ0v) is 20.5. The standard InChI is InChI=1S/C25H33N3O4S/c1-5-14-33(31,32)27-22-12-9-11-21(18(22)4)26-25(30)19-15-24(29)28(16-19)23-13-8-7-10-20(23)17(3)6-2/h7-13,17,19,27H,5-6,14-16H2,1-4H3,(H,26,30). The van der Waals surface area contributed by atoms with Crippen LogP contribution in [0.15, 0.2) is 42.5 Å². The molecule has 1 fully saturated rings. The average Bonchev–Trinajstić information content (AvgIpc) is 3.17. The lowest BCUT2D eigenvalue weighted by molar-refractivity contribution is -0.122. The summed E-state index contributed by atoms with van der Waals surface area (Å²) in [6, 6.07) is 13.0. The smallest absolute Gasteiger partial charge is 0.232 e. The molecule has 0 spiro atoms. The van der Waals surface area contributed by atoms with Crippen molar-refractivity contribution in [1.82, 2.24) is 0 Å². The van der Waals surface area contributed by atoms with Gasteiger partial charge in [0.05, 0.1) is 17.4 Å². The van der Waals surface area contributed by atoms with Crippen molar-refractivity contribution in [3.63, 3.8) is 0 Å². The molecule has 33 heavy (non-hydrogen) atoms. The van der Waals surface area contributed by atoms with E-state index in [4.69, 9.17) is 0 Å². The minimum atomic E-state index is -3.44. The maximum atomic E-state index is 13.0. The topological polar surface area (TPSA) is 95.6 Å². The molecule has 2 aromatic carbocycles. The number of hydrogen-bond acceptors (Lipinski definition) is 4. The molecular weight excluding hydrogens is 438 g/mol. The maximum absolute atomic E-state index is 13.0. The molecule has 1 heterocycles. The van der Waals surface area contributed by atoms with Crippen molar-refractivity contribution in [2.24, 2.45) is 5.92 Å². The molecular formula is C25H33N3O4S. The summed E-state index contributed by atoms with van der Waals surface area (Å²) >= 11 is 0. The zero-order chi connectivity index (χ0) is 24.2. The van der Waals surface area contributed by atoms with Gasteiger partial charge in [-0.05, 0) is 55.0 Å². The fourth-order valence-corrected chi connectivity index (χ4v) is 5.29. The molecule has 7 nitrogen and oxygen atoms in total. The number of hydrogen-bond donors (Lipinski definition) is 2. The summed E-state index contributed by atoms with van der Waals surface area (Å²) in [4.78, 5) is 27.6. The van der Waals surface area contributed by atoms with Gasteiger partial charge in [0.25, 0.3) is 0 Å². The fourth-order valence-electron chi connectivity index (χ4n) is 4.09. The van der Waals surface area contributed by atoms with Crippen LogP contribution in [-0.4, -0.2) is 32.5 Å². The van der Waals surface area contributed by atoms with Crippen molar-refractivity contribution in [2.75, 3.05) is 27.2 Å². The SMILES string of the molecule is CCCS(=O)(=O)Nc1cccc(NC(=O)C2CC(=O)N(c3ccccc3C(C)CC)C2)c1C. The van der Waals surface area contributed by atoms with E-state index in [9.17, 15) is 18.0 Å². The third-order valence-electron chi connectivity index (χ3n) is 6.20. The second-order valence-electron chi connectivity index (χ2n) is 8.66. The average molecular weight is 472 g/mol. The number of amides is 2. The molecule has 0 aromatic heterocycles. The van der Waals surface area contributed by atoms with Gasteiger partial charge < -0.3 is 10.2 Å². The highest BCUT2D eigenvalue weighted by Crippen LogP contribution is 2.34. The number of sulfonamides is 1. The highest BCUT2D eigenvalue weighted by Gasteiger charge is 2.36. The lowest BCUT2D eigenvalue weighted by atomic mass is 9.96. The van der Waals surface area contributed by atoms with Crippen molar-refractivity contribution < 1.29 is 18.0 Å². The van der Waals surface area contributed by atoms with Crippen LogP contribution in [0.25, 0.3) is 0 Å². The Hall–Kier alpha value is -2.87. The summed E-state index contributed by atoms with van der Waals surface area (Å²) in [5.74, 6) is -0.459. The molecule has 0 radical (unpaired) electrons. The van der Waals surface area contributed by atoms with Gasteiger partial charge in [0, 0.05) is 24.3 Å². The molecule has 2 atom stereocenters. The lowest BCUT2D eigenvalue weighted by Crippen LogP contribution is -2.29. The summed E-state index contributed by atoms with van der Waals surface area (Å²) in [5, 5.41) is 2.90. The van der Waals surface area contributed by atoms with Gasteiger partial charge >= 0.3 is 0 Å². The van der Waals surface area contributed by atoms with E-state index >= 15 is 0 Å². The highest BCUT2D eigenvalue weighted by atomic mass is 32.2. The first-order valence-corrected chi connectivity index (χ1v) is 13.1. The Morgan fingerprint density at radius 1 is 1.12 bits per heavy atom. The van der Waals surface area contributed by atoms with Crippen LogP contribution >= 0.6 is 0 Å². The van der Waals surface area contributed by atoms with Crippen LogP contribution in [0, 0.1) is 12.8 Å². The number of benzene rings is 2. The van der Waals surface area contributed by atoms with Gasteiger partial charge in [-0.3, -0.25) is 14.3 Å². The summed E-state index contributed by atoms with van der Waals surface area (Å²) in [7, 11) is -3.44. The molecule has 0 aliphatic carbocycles. The summed E-state index contributed by atoms with van der Waals surface area (Å²) in [6.07, 6.45) is 1.61. The van der Waals surface area contributed by atoms with E-state index in [1.54, 1.807) is 36.9 Å². The predicted octanol–water partition coefficient (Wildman–Crippen LogP) is 4.65. The number of carbonyl (C=O) groups is 2. The van der Waals surface area contributed by atoms with E-state index in [-0.39, 0.29) is 24.0 Å². The molecule has 0 saturated carbocycles. The van der Waals surface area contributed by atoms with Gasteiger partial charge in [-0.2, -0.15) is 0 Å². The van der Waals surface area contributed by atoms with Gasteiger partial charge in [0.1, 0.15) is 0 Å². The monoisotopic (exact) mass is 471 g/mol. The van der Waals surface area contributed by atoms with Crippen molar-refractivity contribution in [2.45, 2.75) is 52.9 Å². The molecule has 1 aliphatic rings. The molecule has 178 valence electrons. The molecule has 1 saturated heterocycles. The first-order chi connectivity index (χ1) is 15.7. The van der Waals surface area contributed by atoms with Crippen molar-refractivity contribution in [3.8, 4) is 0 Å². The van der Waals surface area contributed by atoms with Gasteiger partial charge in [0.15, 0.2) is 0 Å². The molecule has 2 N–H and O–H groups in total. The Bertz CT molecular complexity index is 1130. The molecule has 0 bridgehead atoms. The van der Waals surface area contributed by atoms with Crippen LogP contribution in [-0.2, 0) is 19.6 Å². The van der Waals surface area contributed by atoms with Crippen LogP contribution in [0.2, 0.25) is 0 Å². The van der Waals surface area contributed by atoms with Crippen molar-refractivity contribution >= 4 is 38.9 Å². The quantitative estimate of drug-likeness (QED) is 0.556. The summed E-state index contributed by atoms with van der Waals surface area (Å²) in [6.45, 7) is 8.13. The number of anilines is 3. The van der Waals surface area contributed by atoms with E-state index in [1.165, 1.54) is 0 Å². The number of carbonyl (C=O) groups excluding carboxylic acids is 2. The predicted molar refractivity (Wildman–Crippen MR) is 133 cm³/mol. The number of rotatable bonds is 9. The summed E-state index contributed by atoms with van der Waals surface area (Å²) in [5.41, 5.74) is 3.58. The Balaban J connectivity index is 1.75. The number of nitrogens with one attached hydrogen (secondary N) is 2. The number of para-hydroxylation sites is 1. The van der Waals surface area contributed by atoms with E-state index in [0.717, 1.165) is 17.7 Å². The van der Waals surface area contributed by atoms with Crippen LogP contribution in [0.4, 0.5) is 17.1 Å². The first kappa shape index (κ1) is 24.8. The largest absolute Gasteiger partial charge is 0.325 e. The highest BCUT2D eigenvalue weighted by molar-refractivity contribution is 7.92. The summed E-state index contributed by atoms with van der Waals surface area (Å²) < 4.78 is 26.9. The van der Waals surface area contributed by atoms with Crippen molar-refractivity contribution in [3.05, 3.63) is 53.6 Å². The first-order valence-electron chi connectivity index (χ1n) is 11.5. The zero-order valence-electron chi connectivity index (χ0n) is 19.7. The van der Waals surface area contributed by atoms with Crippen LogP contribution in [0.1, 0.15) is 57.1 Å². The van der Waals surface area contributed by atoms with E-state index in [1.807, 2.05) is 24.3 Å². The second kappa shape index (κ2) is 10.4. The third-order valence-corrected chi connectivity index (χ3v) is 7.67. The molecule has 2 aromatic rings. The molecule has 8 heteroatoms. The van der Waals surface area contributed by atoms with Gasteiger partial charge in [0.2, 0.25) is 21.8 Å². The third kappa shape index (κ3) is 5.74. The normalized spacial score (nSPS) is 17.2. The second-order valence-corrected chi connectivity index (χ2v) is 10.5. The number of nitrogens with zero attached hydrogens (tertiary/aromatic N) is 1. The minimum absolute atomic E-state index is 0.0289. The Labute approximate surface area is 196 Å². The van der Waals surface area contributed by atoms with Crippen LogP contribution < -0.4 is 14.9 Å². The molecule has 2 amide bonds. The Kier molecular flexibility index (Phi) is 7.79. The minimum Gasteiger partial charge on any atom is -0.325 e. The van der Waals surface area contributed by atoms with E-state index in [2.05, 4.69) is 23.9 Å². The van der Waals surface area contributed by atoms with Crippen LogP contribution in [0.3, 0.4) is 0 Å². The molecule has 3 rings (SSSR count). The Morgan fingerprint density at radius 3 is 2.52 bits per heavy atom. The molecule has 1 aliphatic heterocycles. The lowest BCUT2D eigenvalue weighted by Gasteiger charge is -2.23. The van der Waals surface area contributed by atoms with E-state index in [0.29, 0.717) is 35.8 Å². The van der Waals surface area contributed by atoms with E-state index < -0.39 is 15.9 Å². The molecule has 2 unspecified atom stereocenters. The van der Waals surface area contributed by atoms with Gasteiger partial charge in [-0.15, -0.1) is 0 Å². The van der Waals surface area contributed by atoms with Gasteiger partial charge in [-0.1, -0.05) is 45.0 Å². The van der Waals surface area contributed by atoms with Gasteiger partial charge in [-0.25, -0.2) is 8.42 Å². The Morgan fingerprint density at radius 2 is 1.82 bits per heavy atom.